The van der Waals surface area contributed by atoms with Crippen LogP contribution < -0.4 is 0 Å². The van der Waals surface area contributed by atoms with Gasteiger partial charge in [0.25, 0.3) is 6.47 Å². The number of hydrogen-bond donors (Lipinski definition) is 2. The molecule has 0 amide bonds. The van der Waals surface area contributed by atoms with Gasteiger partial charge in [-0.05, 0) is 49.7 Å². The molecule has 10 heteroatoms. The fourth-order valence-corrected chi connectivity index (χ4v) is 8.35. The van der Waals surface area contributed by atoms with Crippen LogP contribution in [0.4, 0.5) is 0 Å². The molecule has 1 aromatic rings. The Balaban J connectivity index is 2.41. The Morgan fingerprint density at radius 1 is 0.544 bits per heavy atom. The average Bonchev–Trinajstić information content (AvgIpc) is 3.19. The minimum absolute atomic E-state index is 0.379. The van der Waals surface area contributed by atoms with Gasteiger partial charge >= 0.3 is 11.9 Å². The van der Waals surface area contributed by atoms with Crippen LogP contribution in [-0.2, 0) is 32.1 Å². The van der Waals surface area contributed by atoms with Crippen LogP contribution >= 0.6 is 0 Å². The van der Waals surface area contributed by atoms with Gasteiger partial charge in [0.2, 0.25) is 0 Å². The SMILES string of the molecule is CCCCCCCCc1ccc(CN2CCN(C(CCCCCC)OC=O)CCN(C(CCCCCC)C(=O)O)CCN(C(CCCCCC)C(=O)O)CC2)cc1. The number of carboxylic acid groups (broad SMARTS) is 2. The zero-order valence-corrected chi connectivity index (χ0v) is 36.9. The van der Waals surface area contributed by atoms with Crippen molar-refractivity contribution in [1.82, 2.24) is 19.6 Å². The monoisotopic (exact) mass is 801 g/mol. The molecule has 3 atom stereocenters. The summed E-state index contributed by atoms with van der Waals surface area (Å²) in [4.78, 5) is 46.6. The predicted octanol–water partition coefficient (Wildman–Crippen LogP) is 9.63. The number of carbonyl (C=O) groups is 3. The Hall–Kier alpha value is -2.53. The fourth-order valence-electron chi connectivity index (χ4n) is 8.35. The van der Waals surface area contributed by atoms with Crippen molar-refractivity contribution in [3.05, 3.63) is 35.4 Å². The lowest BCUT2D eigenvalue weighted by Crippen LogP contribution is -2.54. The number of benzene rings is 1. The molecule has 2 rings (SSSR count). The number of carboxylic acids is 2. The third kappa shape index (κ3) is 21.9. The molecular formula is C47H84N4O6. The number of unbranched alkanes of at least 4 members (excludes halogenated alkanes) is 14. The number of ether oxygens (including phenoxy) is 1. The van der Waals surface area contributed by atoms with Crippen molar-refractivity contribution in [2.75, 3.05) is 52.4 Å². The van der Waals surface area contributed by atoms with Gasteiger partial charge in [-0.2, -0.15) is 0 Å². The molecule has 0 bridgehead atoms. The summed E-state index contributed by atoms with van der Waals surface area (Å²) in [6.07, 6.45) is 22.7. The molecule has 1 saturated heterocycles. The van der Waals surface area contributed by atoms with Gasteiger partial charge in [-0.1, -0.05) is 155 Å². The standard InChI is InChI=1S/C47H84N4O6/c1-5-9-13-17-18-19-23-41-27-29-42(30-28-41)39-48-31-33-49(43(46(53)54)24-20-14-10-6-2)35-36-50(44(47(55)56)25-21-15-11-7-3)37-38-51(34-32-48)45(57-40-52)26-22-16-12-8-4/h27-30,40,43-45H,5-26,31-39H2,1-4H3,(H,53,54)(H,55,56). The maximum Gasteiger partial charge on any atom is 0.320 e. The van der Waals surface area contributed by atoms with Gasteiger partial charge in [0.15, 0.2) is 6.23 Å². The molecular weight excluding hydrogens is 717 g/mol. The summed E-state index contributed by atoms with van der Waals surface area (Å²) in [6, 6.07) is 7.77. The molecule has 0 aliphatic carbocycles. The highest BCUT2D eigenvalue weighted by molar-refractivity contribution is 5.74. The van der Waals surface area contributed by atoms with Crippen LogP contribution in [0.15, 0.2) is 24.3 Å². The van der Waals surface area contributed by atoms with E-state index in [9.17, 15) is 24.6 Å². The molecule has 1 fully saturated rings. The fraction of sp³-hybridized carbons (Fsp3) is 0.809. The third-order valence-corrected chi connectivity index (χ3v) is 12.0. The van der Waals surface area contributed by atoms with Crippen molar-refractivity contribution in [1.29, 1.82) is 0 Å². The van der Waals surface area contributed by atoms with Crippen molar-refractivity contribution in [3.63, 3.8) is 0 Å². The molecule has 57 heavy (non-hydrogen) atoms. The molecule has 1 heterocycles. The first-order valence-corrected chi connectivity index (χ1v) is 23.3. The zero-order chi connectivity index (χ0) is 41.5. The van der Waals surface area contributed by atoms with Crippen LogP contribution in [0.2, 0.25) is 0 Å². The number of aryl methyl sites for hydroxylation is 1. The highest BCUT2D eigenvalue weighted by Crippen LogP contribution is 2.20. The lowest BCUT2D eigenvalue weighted by molar-refractivity contribution is -0.148. The molecule has 0 saturated carbocycles. The summed E-state index contributed by atoms with van der Waals surface area (Å²) >= 11 is 0. The van der Waals surface area contributed by atoms with Gasteiger partial charge in [-0.15, -0.1) is 0 Å². The molecule has 0 aromatic heterocycles. The summed E-state index contributed by atoms with van der Waals surface area (Å²) < 4.78 is 5.80. The molecule has 1 aromatic carbocycles. The van der Waals surface area contributed by atoms with E-state index < -0.39 is 24.0 Å². The van der Waals surface area contributed by atoms with Gasteiger partial charge in [-0.3, -0.25) is 34.0 Å². The second kappa shape index (κ2) is 32.3. The van der Waals surface area contributed by atoms with E-state index in [1.165, 1.54) is 49.7 Å². The van der Waals surface area contributed by atoms with Crippen LogP contribution in [0.1, 0.15) is 174 Å². The molecule has 0 radical (unpaired) electrons. The third-order valence-electron chi connectivity index (χ3n) is 12.0. The lowest BCUT2D eigenvalue weighted by Gasteiger charge is -2.39. The van der Waals surface area contributed by atoms with Crippen LogP contribution in [0.5, 0.6) is 0 Å². The van der Waals surface area contributed by atoms with Gasteiger partial charge in [0, 0.05) is 58.9 Å². The second-order valence-corrected chi connectivity index (χ2v) is 16.7. The van der Waals surface area contributed by atoms with E-state index in [1.807, 2.05) is 0 Å². The van der Waals surface area contributed by atoms with E-state index in [-0.39, 0.29) is 6.23 Å². The van der Waals surface area contributed by atoms with E-state index >= 15 is 0 Å². The number of carbonyl (C=O) groups excluding carboxylic acids is 1. The lowest BCUT2D eigenvalue weighted by atomic mass is 10.0. The molecule has 1 aliphatic heterocycles. The van der Waals surface area contributed by atoms with E-state index in [0.717, 1.165) is 96.4 Å². The number of hydrogen-bond acceptors (Lipinski definition) is 8. The van der Waals surface area contributed by atoms with Gasteiger partial charge < -0.3 is 14.9 Å². The van der Waals surface area contributed by atoms with E-state index in [1.54, 1.807) is 0 Å². The maximum absolute atomic E-state index is 12.9. The molecule has 328 valence electrons. The highest BCUT2D eigenvalue weighted by atomic mass is 16.5. The van der Waals surface area contributed by atoms with Gasteiger partial charge in [-0.25, -0.2) is 0 Å². The normalized spacial score (nSPS) is 17.3. The van der Waals surface area contributed by atoms with Crippen LogP contribution in [0, 0.1) is 0 Å². The van der Waals surface area contributed by atoms with Crippen molar-refractivity contribution < 1.29 is 29.3 Å². The topological polar surface area (TPSA) is 114 Å². The summed E-state index contributed by atoms with van der Waals surface area (Å²) in [6.45, 7) is 14.7. The number of aliphatic carboxylic acids is 2. The summed E-state index contributed by atoms with van der Waals surface area (Å²) in [5, 5.41) is 21.1. The Bertz CT molecular complexity index is 1170. The second-order valence-electron chi connectivity index (χ2n) is 16.7. The average molecular weight is 801 g/mol. The first-order valence-electron chi connectivity index (χ1n) is 23.3. The van der Waals surface area contributed by atoms with Crippen LogP contribution in [-0.4, -0.2) is 119 Å². The summed E-state index contributed by atoms with van der Waals surface area (Å²) in [7, 11) is 0. The van der Waals surface area contributed by atoms with Crippen molar-refractivity contribution in [2.24, 2.45) is 0 Å². The zero-order valence-electron chi connectivity index (χ0n) is 36.9. The summed E-state index contributed by atoms with van der Waals surface area (Å²) in [5.74, 6) is -1.62. The largest absolute Gasteiger partial charge is 0.480 e. The minimum atomic E-state index is -0.824. The Labute approximate surface area is 348 Å². The van der Waals surface area contributed by atoms with Gasteiger partial charge in [0.05, 0.1) is 0 Å². The van der Waals surface area contributed by atoms with Crippen molar-refractivity contribution in [2.45, 2.75) is 194 Å². The first-order chi connectivity index (χ1) is 27.8. The highest BCUT2D eigenvalue weighted by Gasteiger charge is 2.31. The van der Waals surface area contributed by atoms with E-state index in [2.05, 4.69) is 71.6 Å². The Morgan fingerprint density at radius 3 is 1.40 bits per heavy atom. The minimum Gasteiger partial charge on any atom is -0.480 e. The van der Waals surface area contributed by atoms with E-state index in [0.29, 0.717) is 71.7 Å². The first kappa shape index (κ1) is 50.6. The quantitative estimate of drug-likeness (QED) is 0.0556. The predicted molar refractivity (Wildman–Crippen MR) is 234 cm³/mol. The van der Waals surface area contributed by atoms with Crippen LogP contribution in [0.25, 0.3) is 0 Å². The smallest absolute Gasteiger partial charge is 0.320 e. The van der Waals surface area contributed by atoms with Crippen molar-refractivity contribution in [3.8, 4) is 0 Å². The molecule has 1 aliphatic rings. The van der Waals surface area contributed by atoms with Crippen molar-refractivity contribution >= 4 is 18.4 Å². The number of rotatable bonds is 31. The van der Waals surface area contributed by atoms with Gasteiger partial charge in [0.1, 0.15) is 12.1 Å². The Kier molecular flexibility index (Phi) is 28.7. The summed E-state index contributed by atoms with van der Waals surface area (Å²) in [5.41, 5.74) is 2.61. The molecule has 0 spiro atoms. The molecule has 2 N–H and O–H groups in total. The number of nitrogens with zero attached hydrogens (tertiary/aromatic N) is 4. The van der Waals surface area contributed by atoms with Crippen LogP contribution in [0.3, 0.4) is 0 Å². The maximum atomic E-state index is 12.9. The molecule has 10 nitrogen and oxygen atoms in total. The Morgan fingerprint density at radius 2 is 0.930 bits per heavy atom. The molecule has 3 unspecified atom stereocenters. The van der Waals surface area contributed by atoms with E-state index in [4.69, 9.17) is 4.74 Å².